The molecule has 0 radical (unpaired) electrons. The molecule has 12 heavy (non-hydrogen) atoms. The van der Waals surface area contributed by atoms with E-state index in [1.165, 1.54) is 19.2 Å². The number of halogens is 1. The van der Waals surface area contributed by atoms with Crippen molar-refractivity contribution < 1.29 is 14.8 Å². The van der Waals surface area contributed by atoms with Crippen LogP contribution >= 0.6 is 11.6 Å². The maximum absolute atomic E-state index is 8.78. The number of pyridine rings is 1. The topological polar surface area (TPSA) is 62.6 Å². The van der Waals surface area contributed by atoms with E-state index < -0.39 is 7.12 Å². The van der Waals surface area contributed by atoms with E-state index in [-0.39, 0.29) is 10.6 Å². The van der Waals surface area contributed by atoms with Crippen LogP contribution in [0.2, 0.25) is 5.02 Å². The normalized spacial score (nSPS) is 9.67. The van der Waals surface area contributed by atoms with E-state index in [0.29, 0.717) is 5.88 Å². The third kappa shape index (κ3) is 1.88. The highest BCUT2D eigenvalue weighted by molar-refractivity contribution is 6.61. The molecule has 0 aromatic carbocycles. The van der Waals surface area contributed by atoms with Gasteiger partial charge in [-0.25, -0.2) is 4.98 Å². The molecule has 0 aliphatic carbocycles. The standard InChI is InChI=1S/C6H7BClNO3/c1-12-5-3-2-4(8)6(9-5)7(10)11/h2-3,10-11H,1H3. The average molecular weight is 187 g/mol. The zero-order valence-electron chi connectivity index (χ0n) is 6.36. The molecule has 0 fully saturated rings. The Hall–Kier alpha value is -0.775. The number of methoxy groups -OCH3 is 1. The van der Waals surface area contributed by atoms with E-state index in [9.17, 15) is 0 Å². The van der Waals surface area contributed by atoms with Gasteiger partial charge in [-0.2, -0.15) is 0 Å². The molecular formula is C6H7BClNO3. The van der Waals surface area contributed by atoms with Crippen molar-refractivity contribution in [3.63, 3.8) is 0 Å². The van der Waals surface area contributed by atoms with Gasteiger partial charge in [-0.1, -0.05) is 11.6 Å². The minimum Gasteiger partial charge on any atom is -0.481 e. The maximum Gasteiger partial charge on any atom is 0.509 e. The second-order valence-corrected chi connectivity index (χ2v) is 2.50. The third-order valence-corrected chi connectivity index (χ3v) is 1.62. The zero-order chi connectivity index (χ0) is 9.14. The summed E-state index contributed by atoms with van der Waals surface area (Å²) in [6.45, 7) is 0. The van der Waals surface area contributed by atoms with E-state index in [1.54, 1.807) is 0 Å². The minimum absolute atomic E-state index is 0.00369. The maximum atomic E-state index is 8.78. The lowest BCUT2D eigenvalue weighted by molar-refractivity contribution is 0.395. The number of hydrogen-bond donors (Lipinski definition) is 2. The predicted octanol–water partition coefficient (Wildman–Crippen LogP) is -0.577. The van der Waals surface area contributed by atoms with Crippen LogP contribution < -0.4 is 10.3 Å². The van der Waals surface area contributed by atoms with Crippen LogP contribution in [-0.2, 0) is 0 Å². The summed E-state index contributed by atoms with van der Waals surface area (Å²) in [6.07, 6.45) is 0. The van der Waals surface area contributed by atoms with Crippen LogP contribution in [-0.4, -0.2) is 29.3 Å². The lowest BCUT2D eigenvalue weighted by Crippen LogP contribution is -2.33. The Kier molecular flexibility index (Phi) is 2.91. The molecule has 0 saturated carbocycles. The largest absolute Gasteiger partial charge is 0.509 e. The quantitative estimate of drug-likeness (QED) is 0.608. The van der Waals surface area contributed by atoms with Crippen LogP contribution in [0.1, 0.15) is 0 Å². The molecule has 1 aromatic heterocycles. The second-order valence-electron chi connectivity index (χ2n) is 2.09. The van der Waals surface area contributed by atoms with Crippen molar-refractivity contribution in [1.29, 1.82) is 0 Å². The van der Waals surface area contributed by atoms with Crippen LogP contribution in [0.25, 0.3) is 0 Å². The Morgan fingerprint density at radius 1 is 1.50 bits per heavy atom. The van der Waals surface area contributed by atoms with Crippen molar-refractivity contribution in [2.45, 2.75) is 0 Å². The minimum atomic E-state index is -1.67. The first-order chi connectivity index (χ1) is 5.65. The molecular weight excluding hydrogens is 180 g/mol. The number of aromatic nitrogens is 1. The molecule has 1 heterocycles. The first-order valence-electron chi connectivity index (χ1n) is 3.21. The van der Waals surface area contributed by atoms with E-state index in [2.05, 4.69) is 4.98 Å². The zero-order valence-corrected chi connectivity index (χ0v) is 7.12. The van der Waals surface area contributed by atoms with E-state index in [1.807, 2.05) is 0 Å². The highest BCUT2D eigenvalue weighted by Crippen LogP contribution is 2.09. The molecule has 0 amide bonds. The molecule has 0 spiro atoms. The van der Waals surface area contributed by atoms with E-state index in [0.717, 1.165) is 0 Å². The van der Waals surface area contributed by atoms with Crippen molar-refractivity contribution in [2.75, 3.05) is 7.11 Å². The van der Waals surface area contributed by atoms with Crippen molar-refractivity contribution in [2.24, 2.45) is 0 Å². The summed E-state index contributed by atoms with van der Waals surface area (Å²) in [5, 5.41) is 17.8. The fourth-order valence-electron chi connectivity index (χ4n) is 0.734. The van der Waals surface area contributed by atoms with E-state index in [4.69, 9.17) is 26.4 Å². The van der Waals surface area contributed by atoms with Gasteiger partial charge in [0, 0.05) is 6.07 Å². The number of hydrogen-bond acceptors (Lipinski definition) is 4. The summed E-state index contributed by atoms with van der Waals surface area (Å²) >= 11 is 5.61. The molecule has 1 rings (SSSR count). The van der Waals surface area contributed by atoms with Gasteiger partial charge in [0.1, 0.15) is 0 Å². The van der Waals surface area contributed by atoms with E-state index >= 15 is 0 Å². The van der Waals surface area contributed by atoms with Gasteiger partial charge >= 0.3 is 7.12 Å². The fourth-order valence-corrected chi connectivity index (χ4v) is 0.937. The first-order valence-corrected chi connectivity index (χ1v) is 3.59. The fraction of sp³-hybridized carbons (Fsp3) is 0.167. The van der Waals surface area contributed by atoms with Crippen LogP contribution in [0.15, 0.2) is 12.1 Å². The molecule has 0 saturated heterocycles. The van der Waals surface area contributed by atoms with Crippen LogP contribution in [0.4, 0.5) is 0 Å². The van der Waals surface area contributed by atoms with Gasteiger partial charge in [-0.15, -0.1) is 0 Å². The number of ether oxygens (including phenoxy) is 1. The lowest BCUT2D eigenvalue weighted by atomic mass is 9.86. The Labute approximate surface area is 74.9 Å². The lowest BCUT2D eigenvalue weighted by Gasteiger charge is -2.03. The van der Waals surface area contributed by atoms with Crippen molar-refractivity contribution in [3.8, 4) is 5.88 Å². The van der Waals surface area contributed by atoms with Crippen LogP contribution in [0.5, 0.6) is 5.88 Å². The first kappa shape index (κ1) is 9.31. The Morgan fingerprint density at radius 3 is 2.67 bits per heavy atom. The van der Waals surface area contributed by atoms with Gasteiger partial charge in [0.2, 0.25) is 5.88 Å². The summed E-state index contributed by atoms with van der Waals surface area (Å²) in [5.74, 6) is 0.294. The molecule has 2 N–H and O–H groups in total. The molecule has 0 bridgehead atoms. The molecule has 6 heteroatoms. The Morgan fingerprint density at radius 2 is 2.17 bits per heavy atom. The third-order valence-electron chi connectivity index (χ3n) is 1.30. The highest BCUT2D eigenvalue weighted by Gasteiger charge is 2.17. The average Bonchev–Trinajstić information content (AvgIpc) is 2.05. The van der Waals surface area contributed by atoms with Crippen LogP contribution in [0.3, 0.4) is 0 Å². The smallest absolute Gasteiger partial charge is 0.481 e. The van der Waals surface area contributed by atoms with Crippen molar-refractivity contribution >= 4 is 24.3 Å². The van der Waals surface area contributed by atoms with Crippen LogP contribution in [0, 0.1) is 0 Å². The highest BCUT2D eigenvalue weighted by atomic mass is 35.5. The predicted molar refractivity (Wildman–Crippen MR) is 45.6 cm³/mol. The summed E-state index contributed by atoms with van der Waals surface area (Å²) in [7, 11) is -0.239. The monoisotopic (exact) mass is 187 g/mol. The number of nitrogens with zero attached hydrogens (tertiary/aromatic N) is 1. The summed E-state index contributed by atoms with van der Waals surface area (Å²) in [4.78, 5) is 3.74. The van der Waals surface area contributed by atoms with Gasteiger partial charge in [-0.05, 0) is 6.07 Å². The molecule has 0 aliphatic heterocycles. The summed E-state index contributed by atoms with van der Waals surface area (Å²) in [5.41, 5.74) is -0.00369. The SMILES string of the molecule is COc1ccc(Cl)c(B(O)O)n1. The molecule has 0 unspecified atom stereocenters. The Bertz CT molecular complexity index is 281. The van der Waals surface area contributed by atoms with Crippen molar-refractivity contribution in [3.05, 3.63) is 17.2 Å². The number of rotatable bonds is 2. The molecule has 64 valence electrons. The van der Waals surface area contributed by atoms with Gasteiger partial charge < -0.3 is 14.8 Å². The van der Waals surface area contributed by atoms with Gasteiger partial charge in [0.25, 0.3) is 0 Å². The second kappa shape index (κ2) is 3.75. The molecule has 0 aliphatic rings. The summed E-state index contributed by atoms with van der Waals surface area (Å²) in [6, 6.07) is 3.02. The molecule has 0 atom stereocenters. The molecule has 4 nitrogen and oxygen atoms in total. The van der Waals surface area contributed by atoms with Gasteiger partial charge in [0.05, 0.1) is 17.7 Å². The Balaban J connectivity index is 3.08. The molecule has 1 aromatic rings. The summed E-state index contributed by atoms with van der Waals surface area (Å²) < 4.78 is 4.77. The van der Waals surface area contributed by atoms with Gasteiger partial charge in [-0.3, -0.25) is 0 Å². The van der Waals surface area contributed by atoms with Crippen molar-refractivity contribution in [1.82, 2.24) is 4.98 Å². The van der Waals surface area contributed by atoms with Gasteiger partial charge in [0.15, 0.2) is 0 Å².